The van der Waals surface area contributed by atoms with Crippen LogP contribution in [-0.4, -0.2) is 68.9 Å². The van der Waals surface area contributed by atoms with Crippen molar-refractivity contribution in [1.29, 1.82) is 0 Å². The number of aromatic amines is 1. The van der Waals surface area contributed by atoms with Gasteiger partial charge < -0.3 is 20.3 Å². The van der Waals surface area contributed by atoms with Gasteiger partial charge in [-0.1, -0.05) is 39.3 Å². The van der Waals surface area contributed by atoms with E-state index in [1.54, 1.807) is 12.1 Å². The van der Waals surface area contributed by atoms with Crippen molar-refractivity contribution in [2.45, 2.75) is 84.3 Å². The standard InChI is InChI=1S/C30H42N4O4/c1-6-7-14-34-27(35)25(17-19(2)3)32-29(38)30(34)12-15-33(16-13-30)26(24-18-20(4)31-21(24)5)22-8-10-23(11-9-22)28(36)37/h8-11,18-19,25-26,31H,6-7,12-17H2,1-5H3,(H,32,38)(H,36,37). The van der Waals surface area contributed by atoms with Crippen LogP contribution in [0.2, 0.25) is 0 Å². The molecule has 206 valence electrons. The lowest BCUT2D eigenvalue weighted by Gasteiger charge is -2.52. The third-order valence-corrected chi connectivity index (χ3v) is 8.20. The Bertz CT molecular complexity index is 1160. The number of aromatic nitrogens is 1. The summed E-state index contributed by atoms with van der Waals surface area (Å²) in [7, 11) is 0. The minimum absolute atomic E-state index is 0.0190. The van der Waals surface area contributed by atoms with E-state index in [2.05, 4.69) is 49.0 Å². The number of benzene rings is 1. The number of nitrogens with zero attached hydrogens (tertiary/aromatic N) is 2. The molecule has 2 unspecified atom stereocenters. The molecule has 1 aromatic heterocycles. The van der Waals surface area contributed by atoms with E-state index in [0.29, 0.717) is 44.8 Å². The van der Waals surface area contributed by atoms with Gasteiger partial charge in [0.25, 0.3) is 0 Å². The van der Waals surface area contributed by atoms with E-state index >= 15 is 0 Å². The second-order valence-electron chi connectivity index (χ2n) is 11.4. The van der Waals surface area contributed by atoms with Gasteiger partial charge in [0.05, 0.1) is 11.6 Å². The first-order valence-electron chi connectivity index (χ1n) is 13.9. The molecule has 8 nitrogen and oxygen atoms in total. The van der Waals surface area contributed by atoms with Gasteiger partial charge in [0, 0.05) is 31.0 Å². The molecule has 1 aromatic carbocycles. The van der Waals surface area contributed by atoms with Gasteiger partial charge in [0.1, 0.15) is 11.6 Å². The number of carboxylic acid groups (broad SMARTS) is 1. The van der Waals surface area contributed by atoms with Crippen LogP contribution >= 0.6 is 0 Å². The fourth-order valence-corrected chi connectivity index (χ4v) is 6.22. The zero-order valence-electron chi connectivity index (χ0n) is 23.3. The van der Waals surface area contributed by atoms with Crippen molar-refractivity contribution in [2.24, 2.45) is 5.92 Å². The number of piperazine rings is 1. The van der Waals surface area contributed by atoms with E-state index < -0.39 is 17.6 Å². The maximum atomic E-state index is 13.7. The number of H-pyrrole nitrogens is 1. The quantitative estimate of drug-likeness (QED) is 0.452. The summed E-state index contributed by atoms with van der Waals surface area (Å²) in [4.78, 5) is 46.4. The number of amides is 2. The smallest absolute Gasteiger partial charge is 0.335 e. The average molecular weight is 523 g/mol. The van der Waals surface area contributed by atoms with Gasteiger partial charge >= 0.3 is 5.97 Å². The monoisotopic (exact) mass is 522 g/mol. The van der Waals surface area contributed by atoms with Crippen LogP contribution in [0.3, 0.4) is 0 Å². The summed E-state index contributed by atoms with van der Waals surface area (Å²) >= 11 is 0. The molecule has 2 aromatic rings. The van der Waals surface area contributed by atoms with E-state index in [4.69, 9.17) is 0 Å². The molecular weight excluding hydrogens is 480 g/mol. The Morgan fingerprint density at radius 3 is 2.32 bits per heavy atom. The Kier molecular flexibility index (Phi) is 8.31. The van der Waals surface area contributed by atoms with E-state index in [0.717, 1.165) is 35.4 Å². The number of unbranched alkanes of at least 4 members (excludes halogenated alkanes) is 1. The lowest BCUT2D eigenvalue weighted by molar-refractivity contribution is -0.162. The molecule has 0 radical (unpaired) electrons. The molecular formula is C30H42N4O4. The minimum Gasteiger partial charge on any atom is -0.478 e. The number of carboxylic acids is 1. The van der Waals surface area contributed by atoms with Crippen molar-refractivity contribution < 1.29 is 19.5 Å². The maximum Gasteiger partial charge on any atom is 0.335 e. The second-order valence-corrected chi connectivity index (χ2v) is 11.4. The van der Waals surface area contributed by atoms with Crippen LogP contribution in [0.25, 0.3) is 0 Å². The summed E-state index contributed by atoms with van der Waals surface area (Å²) < 4.78 is 0. The maximum absolute atomic E-state index is 13.7. The largest absolute Gasteiger partial charge is 0.478 e. The van der Waals surface area contributed by atoms with Crippen LogP contribution < -0.4 is 5.32 Å². The molecule has 2 saturated heterocycles. The number of carbonyl (C=O) groups is 3. The molecule has 4 rings (SSSR count). The van der Waals surface area contributed by atoms with Crippen molar-refractivity contribution in [3.05, 3.63) is 58.4 Å². The molecule has 0 aliphatic carbocycles. The number of hydrogen-bond acceptors (Lipinski definition) is 4. The SMILES string of the molecule is CCCCN1C(=O)C(CC(C)C)NC(=O)C12CCN(C(c1ccc(C(=O)O)cc1)c1cc(C)[nH]c1C)CC2. The molecule has 2 fully saturated rings. The Morgan fingerprint density at radius 2 is 1.79 bits per heavy atom. The first-order chi connectivity index (χ1) is 18.1. The summed E-state index contributed by atoms with van der Waals surface area (Å²) in [5, 5.41) is 12.5. The van der Waals surface area contributed by atoms with Gasteiger partial charge in [0.2, 0.25) is 11.8 Å². The molecule has 2 aliphatic heterocycles. The fraction of sp³-hybridized carbons (Fsp3) is 0.567. The normalized spacial score (nSPS) is 20.7. The van der Waals surface area contributed by atoms with Gasteiger partial charge in [-0.3, -0.25) is 14.5 Å². The Labute approximate surface area is 225 Å². The number of aryl methyl sites for hydroxylation is 2. The van der Waals surface area contributed by atoms with Crippen LogP contribution in [0.15, 0.2) is 30.3 Å². The number of rotatable bonds is 9. The second kappa shape index (κ2) is 11.3. The van der Waals surface area contributed by atoms with Gasteiger partial charge in [0.15, 0.2) is 0 Å². The summed E-state index contributed by atoms with van der Waals surface area (Å²) in [6.07, 6.45) is 3.61. The molecule has 8 heteroatoms. The van der Waals surface area contributed by atoms with Crippen molar-refractivity contribution in [1.82, 2.24) is 20.1 Å². The number of likely N-dealkylation sites (tertiary alicyclic amines) is 1. The summed E-state index contributed by atoms with van der Waals surface area (Å²) in [6, 6.07) is 8.70. The zero-order chi connectivity index (χ0) is 27.6. The molecule has 3 N–H and O–H groups in total. The fourth-order valence-electron chi connectivity index (χ4n) is 6.22. The van der Waals surface area contributed by atoms with Gasteiger partial charge in [-0.25, -0.2) is 4.79 Å². The molecule has 3 heterocycles. The molecule has 2 aliphatic rings. The number of aromatic carboxylic acids is 1. The lowest BCUT2D eigenvalue weighted by atomic mass is 9.79. The summed E-state index contributed by atoms with van der Waals surface area (Å²) in [5.41, 5.74) is 3.73. The number of hydrogen-bond donors (Lipinski definition) is 3. The van der Waals surface area contributed by atoms with Crippen LogP contribution in [0.4, 0.5) is 0 Å². The van der Waals surface area contributed by atoms with Gasteiger partial charge in [-0.15, -0.1) is 0 Å². The molecule has 0 bridgehead atoms. The van der Waals surface area contributed by atoms with E-state index in [9.17, 15) is 19.5 Å². The summed E-state index contributed by atoms with van der Waals surface area (Å²) in [5.74, 6) is -0.597. The van der Waals surface area contributed by atoms with Gasteiger partial charge in [-0.05, 0) is 74.8 Å². The van der Waals surface area contributed by atoms with E-state index in [1.807, 2.05) is 24.0 Å². The molecule has 1 spiro atoms. The Morgan fingerprint density at radius 1 is 1.13 bits per heavy atom. The van der Waals surface area contributed by atoms with Crippen molar-refractivity contribution in [3.8, 4) is 0 Å². The predicted octanol–water partition coefficient (Wildman–Crippen LogP) is 4.43. The highest BCUT2D eigenvalue weighted by atomic mass is 16.4. The van der Waals surface area contributed by atoms with Crippen molar-refractivity contribution in [2.75, 3.05) is 19.6 Å². The number of carbonyl (C=O) groups excluding carboxylic acids is 2. The van der Waals surface area contributed by atoms with E-state index in [-0.39, 0.29) is 23.4 Å². The van der Waals surface area contributed by atoms with Gasteiger partial charge in [-0.2, -0.15) is 0 Å². The third-order valence-electron chi connectivity index (χ3n) is 8.20. The highest BCUT2D eigenvalue weighted by Gasteiger charge is 2.53. The number of piperidine rings is 1. The summed E-state index contributed by atoms with van der Waals surface area (Å²) in [6.45, 7) is 12.2. The van der Waals surface area contributed by atoms with Crippen molar-refractivity contribution >= 4 is 17.8 Å². The zero-order valence-corrected chi connectivity index (χ0v) is 23.3. The molecule has 2 amide bonds. The van der Waals surface area contributed by atoms with Crippen LogP contribution in [0.1, 0.15) is 91.8 Å². The Balaban J connectivity index is 1.63. The van der Waals surface area contributed by atoms with Crippen LogP contribution in [0.5, 0.6) is 0 Å². The first kappa shape index (κ1) is 27.9. The minimum atomic E-state index is -0.947. The van der Waals surface area contributed by atoms with Crippen LogP contribution in [0, 0.1) is 19.8 Å². The van der Waals surface area contributed by atoms with E-state index in [1.165, 1.54) is 0 Å². The molecule has 2 atom stereocenters. The first-order valence-corrected chi connectivity index (χ1v) is 13.9. The van der Waals surface area contributed by atoms with Crippen LogP contribution in [-0.2, 0) is 9.59 Å². The lowest BCUT2D eigenvalue weighted by Crippen LogP contribution is -2.73. The number of nitrogens with one attached hydrogen (secondary N) is 2. The molecule has 38 heavy (non-hydrogen) atoms. The topological polar surface area (TPSA) is 106 Å². The van der Waals surface area contributed by atoms with Crippen molar-refractivity contribution in [3.63, 3.8) is 0 Å². The third kappa shape index (κ3) is 5.37. The highest BCUT2D eigenvalue weighted by molar-refractivity contribution is 6.00. The Hall–Kier alpha value is -3.13. The molecule has 0 saturated carbocycles. The highest BCUT2D eigenvalue weighted by Crippen LogP contribution is 2.39. The average Bonchev–Trinajstić information content (AvgIpc) is 3.21. The predicted molar refractivity (Wildman–Crippen MR) is 147 cm³/mol.